The zero-order chi connectivity index (χ0) is 15.6. The van der Waals surface area contributed by atoms with Gasteiger partial charge in [0, 0.05) is 18.0 Å². The second-order valence-corrected chi connectivity index (χ2v) is 7.64. The van der Waals surface area contributed by atoms with Crippen molar-refractivity contribution in [1.82, 2.24) is 4.31 Å². The SMILES string of the molecule is C=CCN(C1CCCC1)S(=O)(=O)c1cccc2ccccc12. The number of sulfonamides is 1. The largest absolute Gasteiger partial charge is 0.244 e. The first-order chi connectivity index (χ1) is 10.6. The van der Waals surface area contributed by atoms with E-state index in [1.54, 1.807) is 16.4 Å². The van der Waals surface area contributed by atoms with Crippen molar-refractivity contribution in [2.45, 2.75) is 36.6 Å². The molecule has 22 heavy (non-hydrogen) atoms. The Bertz CT molecular complexity index is 771. The van der Waals surface area contributed by atoms with Crippen LogP contribution in [0.4, 0.5) is 0 Å². The summed E-state index contributed by atoms with van der Waals surface area (Å²) in [6.45, 7) is 4.11. The van der Waals surface area contributed by atoms with Gasteiger partial charge in [0.1, 0.15) is 0 Å². The van der Waals surface area contributed by atoms with Crippen LogP contribution in [0.15, 0.2) is 60.0 Å². The van der Waals surface area contributed by atoms with Crippen LogP contribution in [0.2, 0.25) is 0 Å². The van der Waals surface area contributed by atoms with Gasteiger partial charge in [-0.1, -0.05) is 55.3 Å². The van der Waals surface area contributed by atoms with Gasteiger partial charge in [0.25, 0.3) is 0 Å². The molecule has 2 aromatic rings. The second kappa shape index (κ2) is 6.23. The van der Waals surface area contributed by atoms with E-state index in [2.05, 4.69) is 6.58 Å². The van der Waals surface area contributed by atoms with Crippen molar-refractivity contribution in [3.63, 3.8) is 0 Å². The predicted molar refractivity (Wildman–Crippen MR) is 90.3 cm³/mol. The Kier molecular flexibility index (Phi) is 4.32. The molecular weight excluding hydrogens is 294 g/mol. The van der Waals surface area contributed by atoms with E-state index >= 15 is 0 Å². The van der Waals surface area contributed by atoms with Gasteiger partial charge in [-0.2, -0.15) is 4.31 Å². The van der Waals surface area contributed by atoms with Crippen molar-refractivity contribution in [2.24, 2.45) is 0 Å². The van der Waals surface area contributed by atoms with Crippen LogP contribution in [0.1, 0.15) is 25.7 Å². The lowest BCUT2D eigenvalue weighted by atomic mass is 10.1. The number of hydrogen-bond acceptors (Lipinski definition) is 2. The van der Waals surface area contributed by atoms with Crippen LogP contribution in [0.3, 0.4) is 0 Å². The molecule has 0 radical (unpaired) electrons. The Labute approximate surface area is 132 Å². The standard InChI is InChI=1S/C18H21NO2S/c1-2-14-19(16-10-4-5-11-16)22(20,21)18-13-7-9-15-8-3-6-12-17(15)18/h2-3,6-9,12-13,16H,1,4-5,10-11,14H2. The van der Waals surface area contributed by atoms with Crippen molar-refractivity contribution in [1.29, 1.82) is 0 Å². The molecule has 0 amide bonds. The maximum absolute atomic E-state index is 13.2. The second-order valence-electron chi connectivity index (χ2n) is 5.78. The number of hydrogen-bond donors (Lipinski definition) is 0. The van der Waals surface area contributed by atoms with Gasteiger partial charge >= 0.3 is 0 Å². The molecule has 0 N–H and O–H groups in total. The van der Waals surface area contributed by atoms with Gasteiger partial charge in [-0.05, 0) is 24.3 Å². The first kappa shape index (κ1) is 15.3. The molecule has 3 rings (SSSR count). The van der Waals surface area contributed by atoms with E-state index in [-0.39, 0.29) is 6.04 Å². The lowest BCUT2D eigenvalue weighted by Crippen LogP contribution is -2.38. The van der Waals surface area contributed by atoms with Crippen LogP contribution in [0.25, 0.3) is 10.8 Å². The van der Waals surface area contributed by atoms with E-state index in [1.807, 2.05) is 36.4 Å². The Balaban J connectivity index is 2.11. The van der Waals surface area contributed by atoms with Crippen molar-refractivity contribution < 1.29 is 8.42 Å². The number of benzene rings is 2. The molecule has 2 aromatic carbocycles. The molecule has 116 valence electrons. The highest BCUT2D eigenvalue weighted by atomic mass is 32.2. The minimum atomic E-state index is -3.51. The molecule has 4 heteroatoms. The lowest BCUT2D eigenvalue weighted by molar-refractivity contribution is 0.348. The van der Waals surface area contributed by atoms with Crippen molar-refractivity contribution >= 4 is 20.8 Å². The van der Waals surface area contributed by atoms with Crippen molar-refractivity contribution in [3.8, 4) is 0 Å². The van der Waals surface area contributed by atoms with Crippen LogP contribution in [0.5, 0.6) is 0 Å². The normalized spacial score (nSPS) is 16.4. The Morgan fingerprint density at radius 1 is 1.09 bits per heavy atom. The van der Waals surface area contributed by atoms with Gasteiger partial charge in [0.05, 0.1) is 4.90 Å². The molecule has 0 heterocycles. The zero-order valence-electron chi connectivity index (χ0n) is 12.6. The minimum absolute atomic E-state index is 0.0990. The predicted octanol–water partition coefficient (Wildman–Crippen LogP) is 3.96. The molecule has 1 aliphatic carbocycles. The van der Waals surface area contributed by atoms with Crippen LogP contribution < -0.4 is 0 Å². The molecule has 1 aliphatic rings. The monoisotopic (exact) mass is 315 g/mol. The average molecular weight is 315 g/mol. The summed E-state index contributed by atoms with van der Waals surface area (Å²) in [5, 5.41) is 1.74. The Morgan fingerprint density at radius 2 is 1.77 bits per heavy atom. The van der Waals surface area contributed by atoms with Gasteiger partial charge in [0.15, 0.2) is 0 Å². The highest BCUT2D eigenvalue weighted by molar-refractivity contribution is 7.89. The van der Waals surface area contributed by atoms with E-state index < -0.39 is 10.0 Å². The smallest absolute Gasteiger partial charge is 0.207 e. The van der Waals surface area contributed by atoms with Crippen molar-refractivity contribution in [3.05, 3.63) is 55.1 Å². The fraction of sp³-hybridized carbons (Fsp3) is 0.333. The molecule has 0 aromatic heterocycles. The maximum atomic E-state index is 13.2. The fourth-order valence-electron chi connectivity index (χ4n) is 3.31. The maximum Gasteiger partial charge on any atom is 0.244 e. The molecule has 0 spiro atoms. The van der Waals surface area contributed by atoms with E-state index in [1.165, 1.54) is 0 Å². The summed E-state index contributed by atoms with van der Waals surface area (Å²) in [5.74, 6) is 0. The highest BCUT2D eigenvalue weighted by Crippen LogP contribution is 2.31. The zero-order valence-corrected chi connectivity index (χ0v) is 13.4. The summed E-state index contributed by atoms with van der Waals surface area (Å²) in [5.41, 5.74) is 0. The van der Waals surface area contributed by atoms with Gasteiger partial charge in [-0.25, -0.2) is 8.42 Å². The van der Waals surface area contributed by atoms with E-state index in [0.29, 0.717) is 11.4 Å². The molecule has 0 aliphatic heterocycles. The highest BCUT2D eigenvalue weighted by Gasteiger charge is 2.33. The van der Waals surface area contributed by atoms with Gasteiger partial charge < -0.3 is 0 Å². The molecular formula is C18H21NO2S. The number of rotatable bonds is 5. The van der Waals surface area contributed by atoms with E-state index in [9.17, 15) is 8.42 Å². The summed E-state index contributed by atoms with van der Waals surface area (Å²) in [7, 11) is -3.51. The number of nitrogens with zero attached hydrogens (tertiary/aromatic N) is 1. The van der Waals surface area contributed by atoms with Gasteiger partial charge in [-0.15, -0.1) is 6.58 Å². The van der Waals surface area contributed by atoms with E-state index in [4.69, 9.17) is 0 Å². The number of fused-ring (bicyclic) bond motifs is 1. The summed E-state index contributed by atoms with van der Waals surface area (Å²) < 4.78 is 28.0. The lowest BCUT2D eigenvalue weighted by Gasteiger charge is -2.27. The fourth-order valence-corrected chi connectivity index (χ4v) is 5.18. The van der Waals surface area contributed by atoms with Gasteiger partial charge in [-0.3, -0.25) is 0 Å². The van der Waals surface area contributed by atoms with Crippen LogP contribution in [-0.2, 0) is 10.0 Å². The summed E-state index contributed by atoms with van der Waals surface area (Å²) in [6, 6.07) is 13.2. The molecule has 0 bridgehead atoms. The molecule has 0 saturated heterocycles. The minimum Gasteiger partial charge on any atom is -0.207 e. The third kappa shape index (κ3) is 2.69. The summed E-state index contributed by atoms with van der Waals surface area (Å²) in [6.07, 6.45) is 5.77. The average Bonchev–Trinajstić information content (AvgIpc) is 3.05. The third-order valence-corrected chi connectivity index (χ3v) is 6.35. The molecule has 1 fully saturated rings. The first-order valence-electron chi connectivity index (χ1n) is 7.75. The van der Waals surface area contributed by atoms with Crippen molar-refractivity contribution in [2.75, 3.05) is 6.54 Å². The molecule has 0 atom stereocenters. The molecule has 3 nitrogen and oxygen atoms in total. The summed E-state index contributed by atoms with van der Waals surface area (Å²) >= 11 is 0. The van der Waals surface area contributed by atoms with Crippen LogP contribution in [-0.4, -0.2) is 25.3 Å². The Morgan fingerprint density at radius 3 is 2.50 bits per heavy atom. The molecule has 0 unspecified atom stereocenters. The van der Waals surface area contributed by atoms with Gasteiger partial charge in [0.2, 0.25) is 10.0 Å². The topological polar surface area (TPSA) is 37.4 Å². The van der Waals surface area contributed by atoms with Crippen LogP contribution in [0, 0.1) is 0 Å². The third-order valence-electron chi connectivity index (χ3n) is 4.38. The van der Waals surface area contributed by atoms with E-state index in [0.717, 1.165) is 36.5 Å². The first-order valence-corrected chi connectivity index (χ1v) is 9.19. The Hall–Kier alpha value is -1.65. The summed E-state index contributed by atoms with van der Waals surface area (Å²) in [4.78, 5) is 0.402. The van der Waals surface area contributed by atoms with Crippen LogP contribution >= 0.6 is 0 Å². The molecule has 1 saturated carbocycles. The quantitative estimate of drug-likeness (QED) is 0.783.